The van der Waals surface area contributed by atoms with Crippen molar-refractivity contribution >= 4 is 39.3 Å². The van der Waals surface area contributed by atoms with E-state index in [1.807, 2.05) is 38.1 Å². The van der Waals surface area contributed by atoms with E-state index in [1.165, 1.54) is 0 Å². The van der Waals surface area contributed by atoms with Crippen LogP contribution >= 0.6 is 27.5 Å². The summed E-state index contributed by atoms with van der Waals surface area (Å²) in [5.41, 5.74) is 0.834. The SMILES string of the molecule is CC(C)C(NC(=O)c1ccccc1Cl)C(=O)NC1(c2cccc(Br)c2)CCOCC1. The van der Waals surface area contributed by atoms with E-state index in [2.05, 4.69) is 26.6 Å². The molecule has 2 amide bonds. The summed E-state index contributed by atoms with van der Waals surface area (Å²) in [6.45, 7) is 4.94. The molecule has 1 aliphatic rings. The number of rotatable bonds is 6. The maximum absolute atomic E-state index is 13.4. The van der Waals surface area contributed by atoms with Gasteiger partial charge in [0.15, 0.2) is 0 Å². The number of ether oxygens (including phenoxy) is 1. The van der Waals surface area contributed by atoms with Crippen molar-refractivity contribution in [2.24, 2.45) is 5.92 Å². The van der Waals surface area contributed by atoms with E-state index in [4.69, 9.17) is 16.3 Å². The van der Waals surface area contributed by atoms with Crippen LogP contribution in [0.15, 0.2) is 53.0 Å². The van der Waals surface area contributed by atoms with Gasteiger partial charge in [0.2, 0.25) is 5.91 Å². The molecular weight excluding hydrogens is 468 g/mol. The smallest absolute Gasteiger partial charge is 0.253 e. The molecule has 30 heavy (non-hydrogen) atoms. The molecular formula is C23H26BrClN2O3. The number of nitrogens with one attached hydrogen (secondary N) is 2. The lowest BCUT2D eigenvalue weighted by atomic mass is 9.82. The van der Waals surface area contributed by atoms with E-state index >= 15 is 0 Å². The standard InChI is InChI=1S/C23H26BrClN2O3/c1-15(2)20(26-21(28)18-8-3-4-9-19(18)25)22(29)27-23(10-12-30-13-11-23)16-6-5-7-17(24)14-16/h3-9,14-15,20H,10-13H2,1-2H3,(H,26,28)(H,27,29). The highest BCUT2D eigenvalue weighted by Crippen LogP contribution is 2.34. The van der Waals surface area contributed by atoms with E-state index in [9.17, 15) is 9.59 Å². The van der Waals surface area contributed by atoms with Crippen molar-refractivity contribution in [3.8, 4) is 0 Å². The van der Waals surface area contributed by atoms with Gasteiger partial charge in [0.1, 0.15) is 6.04 Å². The first kappa shape index (κ1) is 22.8. The Bertz CT molecular complexity index is 913. The molecule has 160 valence electrons. The zero-order valence-corrected chi connectivity index (χ0v) is 19.4. The fourth-order valence-corrected chi connectivity index (χ4v) is 4.33. The highest BCUT2D eigenvalue weighted by atomic mass is 79.9. The molecule has 1 unspecified atom stereocenters. The summed E-state index contributed by atoms with van der Waals surface area (Å²) in [5, 5.41) is 6.46. The highest BCUT2D eigenvalue weighted by molar-refractivity contribution is 9.10. The zero-order chi connectivity index (χ0) is 21.7. The Morgan fingerprint density at radius 1 is 1.10 bits per heavy atom. The Labute approximate surface area is 190 Å². The molecule has 7 heteroatoms. The lowest BCUT2D eigenvalue weighted by molar-refractivity contribution is -0.127. The Morgan fingerprint density at radius 2 is 1.80 bits per heavy atom. The number of benzene rings is 2. The van der Waals surface area contributed by atoms with Gasteiger partial charge in [-0.1, -0.05) is 65.6 Å². The molecule has 1 fully saturated rings. The topological polar surface area (TPSA) is 67.4 Å². The Morgan fingerprint density at radius 3 is 2.43 bits per heavy atom. The van der Waals surface area contributed by atoms with Gasteiger partial charge in [-0.2, -0.15) is 0 Å². The molecule has 1 atom stereocenters. The zero-order valence-electron chi connectivity index (χ0n) is 17.1. The van der Waals surface area contributed by atoms with Crippen molar-refractivity contribution < 1.29 is 14.3 Å². The summed E-state index contributed by atoms with van der Waals surface area (Å²) in [6.07, 6.45) is 1.33. The van der Waals surface area contributed by atoms with Gasteiger partial charge in [0.25, 0.3) is 5.91 Å². The molecule has 1 aliphatic heterocycles. The van der Waals surface area contributed by atoms with E-state index in [1.54, 1.807) is 24.3 Å². The van der Waals surface area contributed by atoms with Crippen LogP contribution in [-0.4, -0.2) is 31.1 Å². The predicted octanol–water partition coefficient (Wildman–Crippen LogP) is 4.68. The molecule has 0 radical (unpaired) electrons. The molecule has 3 rings (SSSR count). The molecule has 5 nitrogen and oxygen atoms in total. The average molecular weight is 494 g/mol. The predicted molar refractivity (Wildman–Crippen MR) is 122 cm³/mol. The number of hydrogen-bond acceptors (Lipinski definition) is 3. The van der Waals surface area contributed by atoms with Crippen LogP contribution in [0.5, 0.6) is 0 Å². The first-order valence-corrected chi connectivity index (χ1v) is 11.2. The van der Waals surface area contributed by atoms with Crippen molar-refractivity contribution in [2.75, 3.05) is 13.2 Å². The van der Waals surface area contributed by atoms with Crippen molar-refractivity contribution in [2.45, 2.75) is 38.3 Å². The minimum Gasteiger partial charge on any atom is -0.381 e. The van der Waals surface area contributed by atoms with Crippen LogP contribution < -0.4 is 10.6 Å². The molecule has 0 spiro atoms. The quantitative estimate of drug-likeness (QED) is 0.614. The van der Waals surface area contributed by atoms with Gasteiger partial charge in [-0.05, 0) is 48.6 Å². The number of hydrogen-bond donors (Lipinski definition) is 2. The normalized spacial score (nSPS) is 16.7. The molecule has 2 aromatic rings. The van der Waals surface area contributed by atoms with Crippen LogP contribution in [0.3, 0.4) is 0 Å². The van der Waals surface area contributed by atoms with Crippen LogP contribution in [0.2, 0.25) is 5.02 Å². The van der Waals surface area contributed by atoms with Crippen LogP contribution in [0.4, 0.5) is 0 Å². The molecule has 2 aromatic carbocycles. The third kappa shape index (κ3) is 5.23. The van der Waals surface area contributed by atoms with Gasteiger partial charge in [0.05, 0.1) is 16.1 Å². The summed E-state index contributed by atoms with van der Waals surface area (Å²) in [6, 6.07) is 14.1. The van der Waals surface area contributed by atoms with Gasteiger partial charge in [0, 0.05) is 17.7 Å². The highest BCUT2D eigenvalue weighted by Gasteiger charge is 2.38. The number of amides is 2. The average Bonchev–Trinajstić information content (AvgIpc) is 2.72. The lowest BCUT2D eigenvalue weighted by Crippen LogP contribution is -2.57. The number of carbonyl (C=O) groups excluding carboxylic acids is 2. The van der Waals surface area contributed by atoms with Crippen LogP contribution in [-0.2, 0) is 15.1 Å². The van der Waals surface area contributed by atoms with Crippen LogP contribution in [0.1, 0.15) is 42.6 Å². The summed E-state index contributed by atoms with van der Waals surface area (Å²) in [5.74, 6) is -0.680. The molecule has 0 bridgehead atoms. The largest absolute Gasteiger partial charge is 0.381 e. The Hall–Kier alpha value is -1.89. The van der Waals surface area contributed by atoms with E-state index in [-0.39, 0.29) is 17.7 Å². The van der Waals surface area contributed by atoms with Crippen molar-refractivity contribution in [3.05, 3.63) is 69.2 Å². The van der Waals surface area contributed by atoms with E-state index < -0.39 is 11.6 Å². The second kappa shape index (κ2) is 9.94. The third-order valence-electron chi connectivity index (χ3n) is 5.44. The first-order valence-electron chi connectivity index (χ1n) is 10.0. The molecule has 0 aromatic heterocycles. The summed E-state index contributed by atoms with van der Waals surface area (Å²) < 4.78 is 6.51. The summed E-state index contributed by atoms with van der Waals surface area (Å²) in [7, 11) is 0. The van der Waals surface area contributed by atoms with Gasteiger partial charge >= 0.3 is 0 Å². The third-order valence-corrected chi connectivity index (χ3v) is 6.26. The van der Waals surface area contributed by atoms with Crippen molar-refractivity contribution in [3.63, 3.8) is 0 Å². The fourth-order valence-electron chi connectivity index (χ4n) is 3.70. The van der Waals surface area contributed by atoms with Crippen LogP contribution in [0.25, 0.3) is 0 Å². The Kier molecular flexibility index (Phi) is 7.55. The molecule has 0 aliphatic carbocycles. The maximum atomic E-state index is 13.4. The van der Waals surface area contributed by atoms with Crippen molar-refractivity contribution in [1.29, 1.82) is 0 Å². The molecule has 1 saturated heterocycles. The fraction of sp³-hybridized carbons (Fsp3) is 0.391. The monoisotopic (exact) mass is 492 g/mol. The summed E-state index contributed by atoms with van der Waals surface area (Å²) in [4.78, 5) is 26.1. The Balaban J connectivity index is 1.83. The summed E-state index contributed by atoms with van der Waals surface area (Å²) >= 11 is 9.68. The second-order valence-electron chi connectivity index (χ2n) is 7.87. The number of carbonyl (C=O) groups is 2. The van der Waals surface area contributed by atoms with Gasteiger partial charge in [-0.3, -0.25) is 9.59 Å². The van der Waals surface area contributed by atoms with Gasteiger partial charge in [-0.15, -0.1) is 0 Å². The van der Waals surface area contributed by atoms with E-state index in [0.717, 1.165) is 10.0 Å². The maximum Gasteiger partial charge on any atom is 0.253 e. The lowest BCUT2D eigenvalue weighted by Gasteiger charge is -2.40. The molecule has 1 heterocycles. The second-order valence-corrected chi connectivity index (χ2v) is 9.19. The van der Waals surface area contributed by atoms with Gasteiger partial charge < -0.3 is 15.4 Å². The molecule has 0 saturated carbocycles. The van der Waals surface area contributed by atoms with E-state index in [0.29, 0.717) is 36.6 Å². The van der Waals surface area contributed by atoms with Crippen molar-refractivity contribution in [1.82, 2.24) is 10.6 Å². The molecule has 2 N–H and O–H groups in total. The minimum atomic E-state index is -0.694. The first-order chi connectivity index (χ1) is 14.3. The van der Waals surface area contributed by atoms with Gasteiger partial charge in [-0.25, -0.2) is 0 Å². The minimum absolute atomic E-state index is 0.101. The number of halogens is 2. The van der Waals surface area contributed by atoms with Crippen LogP contribution in [0, 0.1) is 5.92 Å².